The Hall–Kier alpha value is -1.63. The van der Waals surface area contributed by atoms with Gasteiger partial charge < -0.3 is 9.84 Å². The Labute approximate surface area is 116 Å². The summed E-state index contributed by atoms with van der Waals surface area (Å²) < 4.78 is 41.4. The number of rotatable bonds is 5. The summed E-state index contributed by atoms with van der Waals surface area (Å²) in [5.41, 5.74) is 0. The van der Waals surface area contributed by atoms with Crippen LogP contribution in [-0.2, 0) is 14.6 Å². The molecule has 2 unspecified atom stereocenters. The molecule has 0 aliphatic carbocycles. The maximum atomic E-state index is 13.4. The number of hydrogen-bond donors (Lipinski definition) is 1. The summed E-state index contributed by atoms with van der Waals surface area (Å²) in [6.45, 7) is -0.240. The Morgan fingerprint density at radius 1 is 1.45 bits per heavy atom. The molecule has 1 fully saturated rings. The molecule has 0 radical (unpaired) electrons. The zero-order valence-electron chi connectivity index (χ0n) is 10.7. The number of ether oxygens (including phenoxy) is 1. The molecule has 1 aromatic carbocycles. The molecule has 5 nitrogen and oxygen atoms in total. The topological polar surface area (TPSA) is 80.7 Å². The van der Waals surface area contributed by atoms with Gasteiger partial charge in [-0.05, 0) is 24.5 Å². The van der Waals surface area contributed by atoms with Crippen molar-refractivity contribution in [2.24, 2.45) is 11.8 Å². The molecule has 20 heavy (non-hydrogen) atoms. The van der Waals surface area contributed by atoms with E-state index in [2.05, 4.69) is 0 Å². The zero-order valence-corrected chi connectivity index (χ0v) is 11.5. The van der Waals surface area contributed by atoms with E-state index in [1.54, 1.807) is 6.07 Å². The summed E-state index contributed by atoms with van der Waals surface area (Å²) in [5, 5.41) is 9.18. The van der Waals surface area contributed by atoms with Gasteiger partial charge in [0.2, 0.25) is 0 Å². The molecule has 2 atom stereocenters. The number of carbonyl (C=O) groups is 1. The molecule has 1 heterocycles. The Morgan fingerprint density at radius 3 is 2.70 bits per heavy atom. The standard InChI is InChI=1S/C13H15FO5S/c14-11-3-1-2-4-12(11)19-7-10(13(15)16)9-5-6-20(17,18)8-9/h1-4,9-10H,5-8H2,(H,15,16). The molecule has 1 aliphatic heterocycles. The summed E-state index contributed by atoms with van der Waals surface area (Å²) >= 11 is 0. The van der Waals surface area contributed by atoms with E-state index in [1.165, 1.54) is 18.2 Å². The second kappa shape index (κ2) is 5.78. The lowest BCUT2D eigenvalue weighted by molar-refractivity contribution is -0.144. The highest BCUT2D eigenvalue weighted by Crippen LogP contribution is 2.27. The fraction of sp³-hybridized carbons (Fsp3) is 0.462. The van der Waals surface area contributed by atoms with Crippen LogP contribution in [0.1, 0.15) is 6.42 Å². The molecule has 1 aromatic rings. The van der Waals surface area contributed by atoms with Crippen LogP contribution in [0.15, 0.2) is 24.3 Å². The van der Waals surface area contributed by atoms with E-state index in [1.807, 2.05) is 0 Å². The molecule has 110 valence electrons. The van der Waals surface area contributed by atoms with Gasteiger partial charge in [0.05, 0.1) is 17.4 Å². The summed E-state index contributed by atoms with van der Waals surface area (Å²) in [4.78, 5) is 11.2. The van der Waals surface area contributed by atoms with Crippen LogP contribution < -0.4 is 4.74 Å². The maximum Gasteiger partial charge on any atom is 0.310 e. The number of benzene rings is 1. The van der Waals surface area contributed by atoms with Crippen LogP contribution >= 0.6 is 0 Å². The number of carboxylic acids is 1. The van der Waals surface area contributed by atoms with Gasteiger partial charge in [0, 0.05) is 0 Å². The number of aliphatic carboxylic acids is 1. The van der Waals surface area contributed by atoms with E-state index in [0.717, 1.165) is 0 Å². The molecular formula is C13H15FO5S. The number of para-hydroxylation sites is 1. The Balaban J connectivity index is 2.04. The highest BCUT2D eigenvalue weighted by molar-refractivity contribution is 7.91. The lowest BCUT2D eigenvalue weighted by Gasteiger charge is -2.18. The second-order valence-electron chi connectivity index (χ2n) is 4.85. The molecule has 0 bridgehead atoms. The fourth-order valence-electron chi connectivity index (χ4n) is 2.29. The van der Waals surface area contributed by atoms with Crippen molar-refractivity contribution >= 4 is 15.8 Å². The minimum Gasteiger partial charge on any atom is -0.490 e. The van der Waals surface area contributed by atoms with Gasteiger partial charge in [-0.2, -0.15) is 0 Å². The first-order valence-electron chi connectivity index (χ1n) is 6.19. The number of sulfone groups is 1. The van der Waals surface area contributed by atoms with Crippen molar-refractivity contribution in [3.05, 3.63) is 30.1 Å². The van der Waals surface area contributed by atoms with Gasteiger partial charge in [-0.1, -0.05) is 12.1 Å². The van der Waals surface area contributed by atoms with Crippen molar-refractivity contribution in [3.63, 3.8) is 0 Å². The van der Waals surface area contributed by atoms with Crippen LogP contribution in [0.2, 0.25) is 0 Å². The maximum absolute atomic E-state index is 13.4. The van der Waals surface area contributed by atoms with Crippen molar-refractivity contribution < 1.29 is 27.4 Å². The van der Waals surface area contributed by atoms with Crippen molar-refractivity contribution in [1.29, 1.82) is 0 Å². The van der Waals surface area contributed by atoms with Crippen LogP contribution in [0.5, 0.6) is 5.75 Å². The minimum atomic E-state index is -3.16. The average Bonchev–Trinajstić information content (AvgIpc) is 2.71. The van der Waals surface area contributed by atoms with Crippen LogP contribution in [0.25, 0.3) is 0 Å². The first-order chi connectivity index (χ1) is 9.39. The number of carboxylic acid groups (broad SMARTS) is 1. The third-order valence-corrected chi connectivity index (χ3v) is 5.20. The lowest BCUT2D eigenvalue weighted by atomic mass is 9.93. The van der Waals surface area contributed by atoms with E-state index in [-0.39, 0.29) is 23.9 Å². The van der Waals surface area contributed by atoms with E-state index >= 15 is 0 Å². The van der Waals surface area contributed by atoms with Crippen LogP contribution in [-0.4, -0.2) is 37.6 Å². The molecule has 1 N–H and O–H groups in total. The SMILES string of the molecule is O=C(O)C(COc1ccccc1F)C1CCS(=O)(=O)C1. The summed E-state index contributed by atoms with van der Waals surface area (Å²) in [7, 11) is -3.16. The van der Waals surface area contributed by atoms with Crippen molar-refractivity contribution in [2.45, 2.75) is 6.42 Å². The summed E-state index contributed by atoms with van der Waals surface area (Å²) in [6, 6.07) is 5.69. The van der Waals surface area contributed by atoms with Crippen LogP contribution in [0, 0.1) is 17.7 Å². The zero-order chi connectivity index (χ0) is 14.8. The predicted octanol–water partition coefficient (Wildman–Crippen LogP) is 1.34. The largest absolute Gasteiger partial charge is 0.490 e. The molecule has 0 saturated carbocycles. The second-order valence-corrected chi connectivity index (χ2v) is 7.08. The van der Waals surface area contributed by atoms with Crippen LogP contribution in [0.4, 0.5) is 4.39 Å². The lowest BCUT2D eigenvalue weighted by Crippen LogP contribution is -2.30. The van der Waals surface area contributed by atoms with Gasteiger partial charge in [0.25, 0.3) is 0 Å². The highest BCUT2D eigenvalue weighted by atomic mass is 32.2. The summed E-state index contributed by atoms with van der Waals surface area (Å²) in [6.07, 6.45) is 0.305. The molecule has 7 heteroatoms. The number of hydrogen-bond acceptors (Lipinski definition) is 4. The Morgan fingerprint density at radius 2 is 2.15 bits per heavy atom. The molecule has 0 amide bonds. The first kappa shape index (κ1) is 14.8. The minimum absolute atomic E-state index is 0.00114. The van der Waals surface area contributed by atoms with E-state index < -0.39 is 33.5 Å². The normalized spacial score (nSPS) is 22.4. The Bertz CT molecular complexity index is 599. The van der Waals surface area contributed by atoms with Crippen molar-refractivity contribution in [1.82, 2.24) is 0 Å². The smallest absolute Gasteiger partial charge is 0.310 e. The Kier molecular flexibility index (Phi) is 4.27. The van der Waals surface area contributed by atoms with Crippen LogP contribution in [0.3, 0.4) is 0 Å². The third kappa shape index (κ3) is 3.47. The molecule has 2 rings (SSSR count). The van der Waals surface area contributed by atoms with Crippen molar-refractivity contribution in [2.75, 3.05) is 18.1 Å². The van der Waals surface area contributed by atoms with Gasteiger partial charge in [-0.25, -0.2) is 12.8 Å². The van der Waals surface area contributed by atoms with E-state index in [4.69, 9.17) is 4.74 Å². The molecule has 1 aliphatic rings. The van der Waals surface area contributed by atoms with Gasteiger partial charge in [-0.3, -0.25) is 4.79 Å². The fourth-order valence-corrected chi connectivity index (χ4v) is 4.17. The van der Waals surface area contributed by atoms with Gasteiger partial charge in [0.1, 0.15) is 6.61 Å². The summed E-state index contributed by atoms with van der Waals surface area (Å²) in [5.74, 6) is -3.30. The molecule has 0 aromatic heterocycles. The monoisotopic (exact) mass is 302 g/mol. The molecular weight excluding hydrogens is 287 g/mol. The van der Waals surface area contributed by atoms with Gasteiger partial charge >= 0.3 is 5.97 Å². The van der Waals surface area contributed by atoms with Crippen molar-refractivity contribution in [3.8, 4) is 5.75 Å². The number of halogens is 1. The van der Waals surface area contributed by atoms with Gasteiger partial charge in [0.15, 0.2) is 21.4 Å². The highest BCUT2D eigenvalue weighted by Gasteiger charge is 2.37. The third-order valence-electron chi connectivity index (χ3n) is 3.41. The van der Waals surface area contributed by atoms with E-state index in [9.17, 15) is 22.7 Å². The predicted molar refractivity (Wildman–Crippen MR) is 69.8 cm³/mol. The first-order valence-corrected chi connectivity index (χ1v) is 8.02. The molecule has 0 spiro atoms. The average molecular weight is 302 g/mol. The van der Waals surface area contributed by atoms with E-state index in [0.29, 0.717) is 6.42 Å². The molecule has 1 saturated heterocycles. The van der Waals surface area contributed by atoms with Gasteiger partial charge in [-0.15, -0.1) is 0 Å². The quantitative estimate of drug-likeness (QED) is 0.887.